The SMILES string of the molecule is CN(c1nc(Cl)nc2c1CCC2)[C@@H]1CCN(c2ccccc2)C1=O. The summed E-state index contributed by atoms with van der Waals surface area (Å²) in [6, 6.07) is 9.60. The number of halogens is 1. The van der Waals surface area contributed by atoms with Gasteiger partial charge < -0.3 is 9.80 Å². The highest BCUT2D eigenvalue weighted by Gasteiger charge is 2.37. The van der Waals surface area contributed by atoms with E-state index in [0.717, 1.165) is 55.0 Å². The van der Waals surface area contributed by atoms with E-state index >= 15 is 0 Å². The molecule has 5 nitrogen and oxygen atoms in total. The van der Waals surface area contributed by atoms with Crippen LogP contribution < -0.4 is 9.80 Å². The van der Waals surface area contributed by atoms with Crippen LogP contribution in [0.25, 0.3) is 0 Å². The Bertz CT molecular complexity index is 780. The molecule has 124 valence electrons. The molecule has 0 spiro atoms. The molecule has 6 heteroatoms. The number of anilines is 2. The smallest absolute Gasteiger partial charge is 0.249 e. The Balaban J connectivity index is 1.62. The summed E-state index contributed by atoms with van der Waals surface area (Å²) in [4.78, 5) is 25.5. The van der Waals surface area contributed by atoms with Crippen molar-refractivity contribution in [1.29, 1.82) is 0 Å². The molecule has 1 atom stereocenters. The average molecular weight is 343 g/mol. The van der Waals surface area contributed by atoms with Gasteiger partial charge in [0.25, 0.3) is 0 Å². The number of carbonyl (C=O) groups is 1. The Morgan fingerprint density at radius 3 is 2.79 bits per heavy atom. The first-order valence-corrected chi connectivity index (χ1v) is 8.67. The fraction of sp³-hybridized carbons (Fsp3) is 0.389. The maximum absolute atomic E-state index is 12.9. The number of aromatic nitrogens is 2. The maximum atomic E-state index is 12.9. The first kappa shape index (κ1) is 15.4. The lowest BCUT2D eigenvalue weighted by Gasteiger charge is -2.26. The summed E-state index contributed by atoms with van der Waals surface area (Å²) in [5.74, 6) is 0.931. The topological polar surface area (TPSA) is 49.3 Å². The van der Waals surface area contributed by atoms with Gasteiger partial charge >= 0.3 is 0 Å². The molecule has 1 aliphatic carbocycles. The zero-order valence-corrected chi connectivity index (χ0v) is 14.3. The van der Waals surface area contributed by atoms with E-state index in [1.807, 2.05) is 47.2 Å². The molecule has 2 aromatic rings. The zero-order valence-electron chi connectivity index (χ0n) is 13.6. The van der Waals surface area contributed by atoms with Crippen LogP contribution in [0.3, 0.4) is 0 Å². The van der Waals surface area contributed by atoms with Gasteiger partial charge in [-0.3, -0.25) is 4.79 Å². The highest BCUT2D eigenvalue weighted by molar-refractivity contribution is 6.28. The molecule has 1 aromatic heterocycles. The highest BCUT2D eigenvalue weighted by Crippen LogP contribution is 2.32. The molecule has 1 amide bonds. The molecule has 1 aliphatic heterocycles. The van der Waals surface area contributed by atoms with Crippen LogP contribution in [0.2, 0.25) is 5.28 Å². The van der Waals surface area contributed by atoms with E-state index in [1.54, 1.807) is 0 Å². The third-order valence-electron chi connectivity index (χ3n) is 4.93. The van der Waals surface area contributed by atoms with Crippen LogP contribution in [0.1, 0.15) is 24.1 Å². The van der Waals surface area contributed by atoms with E-state index in [9.17, 15) is 4.79 Å². The van der Waals surface area contributed by atoms with E-state index in [1.165, 1.54) is 0 Å². The number of para-hydroxylation sites is 1. The van der Waals surface area contributed by atoms with Crippen molar-refractivity contribution < 1.29 is 4.79 Å². The summed E-state index contributed by atoms with van der Waals surface area (Å²) in [5.41, 5.74) is 3.12. The van der Waals surface area contributed by atoms with Crippen molar-refractivity contribution in [3.63, 3.8) is 0 Å². The molecule has 24 heavy (non-hydrogen) atoms. The van der Waals surface area contributed by atoms with Crippen LogP contribution in [0.4, 0.5) is 11.5 Å². The first-order chi connectivity index (χ1) is 11.6. The fourth-order valence-electron chi connectivity index (χ4n) is 3.71. The van der Waals surface area contributed by atoms with E-state index in [-0.39, 0.29) is 17.2 Å². The highest BCUT2D eigenvalue weighted by atomic mass is 35.5. The van der Waals surface area contributed by atoms with Crippen LogP contribution in [0, 0.1) is 0 Å². The monoisotopic (exact) mass is 342 g/mol. The second-order valence-electron chi connectivity index (χ2n) is 6.34. The quantitative estimate of drug-likeness (QED) is 0.805. The van der Waals surface area contributed by atoms with Crippen molar-refractivity contribution in [2.75, 3.05) is 23.4 Å². The molecule has 2 heterocycles. The van der Waals surface area contributed by atoms with Gasteiger partial charge in [0.1, 0.15) is 11.9 Å². The van der Waals surface area contributed by atoms with E-state index in [4.69, 9.17) is 11.6 Å². The molecule has 1 aromatic carbocycles. The summed E-state index contributed by atoms with van der Waals surface area (Å²) in [7, 11) is 1.94. The molecule has 0 saturated carbocycles. The lowest BCUT2D eigenvalue weighted by atomic mass is 10.1. The molecule has 0 unspecified atom stereocenters. The lowest BCUT2D eigenvalue weighted by Crippen LogP contribution is -2.40. The Morgan fingerprint density at radius 1 is 1.21 bits per heavy atom. The minimum atomic E-state index is -0.208. The molecule has 0 N–H and O–H groups in total. The molecule has 0 radical (unpaired) electrons. The lowest BCUT2D eigenvalue weighted by molar-refractivity contribution is -0.118. The predicted molar refractivity (Wildman–Crippen MR) is 94.7 cm³/mol. The van der Waals surface area contributed by atoms with Crippen LogP contribution in [0.5, 0.6) is 0 Å². The van der Waals surface area contributed by atoms with Gasteiger partial charge in [-0.15, -0.1) is 0 Å². The van der Waals surface area contributed by atoms with Gasteiger partial charge in [-0.1, -0.05) is 18.2 Å². The summed E-state index contributed by atoms with van der Waals surface area (Å²) in [6.07, 6.45) is 3.74. The number of fused-ring (bicyclic) bond motifs is 1. The second kappa shape index (κ2) is 6.06. The van der Waals surface area contributed by atoms with Crippen LogP contribution in [-0.2, 0) is 17.6 Å². The largest absolute Gasteiger partial charge is 0.347 e. The van der Waals surface area contributed by atoms with E-state index in [2.05, 4.69) is 9.97 Å². The fourth-order valence-corrected chi connectivity index (χ4v) is 3.89. The summed E-state index contributed by atoms with van der Waals surface area (Å²) >= 11 is 6.10. The standard InChI is InChI=1S/C18H19ClN4O/c1-22(16-13-8-5-9-14(13)20-18(19)21-16)15-10-11-23(17(15)24)12-6-3-2-4-7-12/h2-4,6-7,15H,5,8-11H2,1H3/t15-/m1/s1. The van der Waals surface area contributed by atoms with Gasteiger partial charge in [-0.25, -0.2) is 9.97 Å². The van der Waals surface area contributed by atoms with Gasteiger partial charge in [0, 0.05) is 24.8 Å². The van der Waals surface area contributed by atoms with Crippen molar-refractivity contribution in [2.45, 2.75) is 31.7 Å². The predicted octanol–water partition coefficient (Wildman–Crippen LogP) is 2.86. The summed E-state index contributed by atoms with van der Waals surface area (Å²) in [6.45, 7) is 0.721. The first-order valence-electron chi connectivity index (χ1n) is 8.29. The van der Waals surface area contributed by atoms with Crippen molar-refractivity contribution in [2.24, 2.45) is 0 Å². The Hall–Kier alpha value is -2.14. The minimum absolute atomic E-state index is 0.116. The Morgan fingerprint density at radius 2 is 2.00 bits per heavy atom. The number of rotatable bonds is 3. The van der Waals surface area contributed by atoms with Gasteiger partial charge in [-0.2, -0.15) is 0 Å². The van der Waals surface area contributed by atoms with Crippen LogP contribution in [0.15, 0.2) is 30.3 Å². The van der Waals surface area contributed by atoms with Crippen LogP contribution >= 0.6 is 11.6 Å². The Kier molecular flexibility index (Phi) is 3.88. The number of hydrogen-bond donors (Lipinski definition) is 0. The molecule has 1 saturated heterocycles. The van der Waals surface area contributed by atoms with Crippen LogP contribution in [-0.4, -0.2) is 35.5 Å². The van der Waals surface area contributed by atoms with Gasteiger partial charge in [0.2, 0.25) is 11.2 Å². The summed E-state index contributed by atoms with van der Waals surface area (Å²) < 4.78 is 0. The van der Waals surface area contributed by atoms with Crippen molar-refractivity contribution in [3.05, 3.63) is 46.9 Å². The molecule has 2 aliphatic rings. The zero-order chi connectivity index (χ0) is 16.7. The summed E-state index contributed by atoms with van der Waals surface area (Å²) in [5, 5.41) is 0.267. The number of nitrogens with zero attached hydrogens (tertiary/aromatic N) is 4. The minimum Gasteiger partial charge on any atom is -0.347 e. The van der Waals surface area contributed by atoms with Gasteiger partial charge in [0.15, 0.2) is 0 Å². The normalized spacial score (nSPS) is 19.7. The number of aryl methyl sites for hydroxylation is 1. The second-order valence-corrected chi connectivity index (χ2v) is 6.67. The number of carbonyl (C=O) groups excluding carboxylic acids is 1. The third kappa shape index (κ3) is 2.53. The molecule has 0 bridgehead atoms. The molecular formula is C18H19ClN4O. The third-order valence-corrected chi connectivity index (χ3v) is 5.10. The average Bonchev–Trinajstić information content (AvgIpc) is 3.20. The molecular weight excluding hydrogens is 324 g/mol. The van der Waals surface area contributed by atoms with Gasteiger partial charge in [0.05, 0.1) is 5.69 Å². The number of benzene rings is 1. The van der Waals surface area contributed by atoms with Crippen molar-refractivity contribution in [3.8, 4) is 0 Å². The van der Waals surface area contributed by atoms with E-state index < -0.39 is 0 Å². The number of amides is 1. The molecule has 1 fully saturated rings. The van der Waals surface area contributed by atoms with Crippen molar-refractivity contribution >= 4 is 29.0 Å². The van der Waals surface area contributed by atoms with E-state index in [0.29, 0.717) is 0 Å². The van der Waals surface area contributed by atoms with Crippen molar-refractivity contribution in [1.82, 2.24) is 9.97 Å². The Labute approximate surface area is 146 Å². The number of hydrogen-bond acceptors (Lipinski definition) is 4. The maximum Gasteiger partial charge on any atom is 0.249 e. The van der Waals surface area contributed by atoms with Gasteiger partial charge in [-0.05, 0) is 49.4 Å². The number of likely N-dealkylation sites (N-methyl/N-ethyl adjacent to an activating group) is 1. The molecule has 4 rings (SSSR count).